The Balaban J connectivity index is 0.000000196. The van der Waals surface area contributed by atoms with Crippen LogP contribution in [0.5, 0.6) is 0 Å². The van der Waals surface area contributed by atoms with Crippen LogP contribution >= 0.6 is 129 Å². The number of hydrogen-bond acceptors (Lipinski definition) is 9. The first-order valence-corrected chi connectivity index (χ1v) is 36.1. The van der Waals surface area contributed by atoms with Crippen molar-refractivity contribution in [3.63, 3.8) is 0 Å². The summed E-state index contributed by atoms with van der Waals surface area (Å²) in [4.78, 5) is 2.69. The van der Waals surface area contributed by atoms with Crippen molar-refractivity contribution in [2.45, 2.75) is 79.9 Å². The predicted molar refractivity (Wildman–Crippen MR) is 390 cm³/mol. The summed E-state index contributed by atoms with van der Waals surface area (Å²) < 4.78 is 110. The van der Waals surface area contributed by atoms with E-state index < -0.39 is 36.0 Å². The molecule has 0 fully saturated rings. The van der Waals surface area contributed by atoms with E-state index in [4.69, 9.17) is 129 Å². The molecule has 0 heterocycles. The van der Waals surface area contributed by atoms with E-state index in [1.807, 2.05) is 50.2 Å². The van der Waals surface area contributed by atoms with Gasteiger partial charge in [-0.15, -0.1) is 0 Å². The minimum absolute atomic E-state index is 0.0548. The standard InChI is InChI=1S/C23H19Cl2F2NO2S2.2C22H18Cl3NO2S2/c1-23(26,27)17-4-2-3-16(9-17)11-21(31)10-15-5-7-22(8-6-15)32(29,30)28-20-13-18(24)12-19(25)14-20;2*1-14-2-3-16(10-22(14)25)9-20(29)8-15-4-6-21(7-5-15)30(27,28)26-19-12-17(23)11-18(24)13-19/h2-9,12-14,28H,10-11H2,1H3;2*2-7,10-13,26H,8-9H2,1H3. The normalized spacial score (nSPS) is 11.5. The predicted octanol–water partition coefficient (Wildman–Crippen LogP) is 20.9. The van der Waals surface area contributed by atoms with Crippen LogP contribution < -0.4 is 14.2 Å². The number of nitrogens with one attached hydrogen (secondary N) is 3. The first-order valence-electron chi connectivity index (χ1n) is 27.4. The SMILES string of the molecule is CC(F)(F)c1cccc(CC(=S)Cc2ccc(S(=O)(=O)Nc3cc(Cl)cc(Cl)c3)cc2)c1.Cc1ccc(CC(=S)Cc2ccc(S(=O)(=O)Nc3cc(Cl)cc(Cl)c3)cc2)cc1Cl.Cc1ccc(CC(=S)Cc2ccc(S(=O)(=O)Nc3cc(Cl)cc(Cl)c3)cc2)cc1Cl. The number of hydrogen-bond donors (Lipinski definition) is 3. The van der Waals surface area contributed by atoms with Crippen LogP contribution in [0.1, 0.15) is 57.0 Å². The van der Waals surface area contributed by atoms with Gasteiger partial charge in [-0.2, -0.15) is 0 Å². The van der Waals surface area contributed by atoms with Crippen molar-refractivity contribution in [2.24, 2.45) is 0 Å². The summed E-state index contributed by atoms with van der Waals surface area (Å²) >= 11 is 64.3. The Labute approximate surface area is 591 Å². The number of thiocarbonyl (C=S) groups is 3. The van der Waals surface area contributed by atoms with Crippen LogP contribution in [-0.4, -0.2) is 39.8 Å². The van der Waals surface area contributed by atoms with Gasteiger partial charge in [0.15, 0.2) is 0 Å². The van der Waals surface area contributed by atoms with E-state index in [2.05, 4.69) is 14.2 Å². The fraction of sp³-hybridized carbons (Fsp3) is 0.149. The molecule has 0 saturated carbocycles. The highest BCUT2D eigenvalue weighted by molar-refractivity contribution is 7.93. The topological polar surface area (TPSA) is 139 Å². The molecule has 9 rings (SSSR count). The number of halogens is 10. The molecule has 0 aliphatic carbocycles. The van der Waals surface area contributed by atoms with Gasteiger partial charge in [0.2, 0.25) is 0 Å². The van der Waals surface area contributed by atoms with Crippen molar-refractivity contribution >= 4 is 191 Å². The van der Waals surface area contributed by atoms with E-state index in [0.717, 1.165) is 65.6 Å². The van der Waals surface area contributed by atoms with Gasteiger partial charge in [-0.05, 0) is 168 Å². The van der Waals surface area contributed by atoms with Gasteiger partial charge in [-0.25, -0.2) is 34.0 Å². The fourth-order valence-electron chi connectivity index (χ4n) is 8.84. The number of benzene rings is 9. The third kappa shape index (κ3) is 23.3. The summed E-state index contributed by atoms with van der Waals surface area (Å²) in [5.41, 5.74) is 8.35. The van der Waals surface area contributed by atoms with Crippen molar-refractivity contribution in [1.29, 1.82) is 0 Å². The lowest BCUT2D eigenvalue weighted by Crippen LogP contribution is -2.13. The highest BCUT2D eigenvalue weighted by atomic mass is 35.5. The molecule has 0 radical (unpaired) electrons. The molecule has 0 aliphatic rings. The Morgan fingerprint density at radius 1 is 0.359 bits per heavy atom. The number of aryl methyl sites for hydroxylation is 2. The molecule has 0 saturated heterocycles. The first-order chi connectivity index (χ1) is 43.2. The van der Waals surface area contributed by atoms with Gasteiger partial charge in [0.25, 0.3) is 36.0 Å². The smallest absolute Gasteiger partial charge is 0.270 e. The largest absolute Gasteiger partial charge is 0.280 e. The molecule has 9 nitrogen and oxygen atoms in total. The lowest BCUT2D eigenvalue weighted by atomic mass is 10.0. The first kappa shape index (κ1) is 74.1. The fourth-order valence-corrected chi connectivity index (χ4v) is 14.9. The molecule has 0 amide bonds. The van der Waals surface area contributed by atoms with Crippen molar-refractivity contribution in [1.82, 2.24) is 0 Å². The minimum atomic E-state index is -3.83. The molecule has 9 aromatic carbocycles. The van der Waals surface area contributed by atoms with Crippen molar-refractivity contribution < 1.29 is 34.0 Å². The van der Waals surface area contributed by atoms with Gasteiger partial charge < -0.3 is 0 Å². The van der Waals surface area contributed by atoms with Crippen LogP contribution in [0.2, 0.25) is 40.2 Å². The third-order valence-corrected chi connectivity index (χ3v) is 20.5. The van der Waals surface area contributed by atoms with Gasteiger partial charge in [-0.3, -0.25) is 14.2 Å². The summed E-state index contributed by atoms with van der Waals surface area (Å²) in [5.74, 6) is -2.91. The molecule has 9 aromatic rings. The van der Waals surface area contributed by atoms with Crippen LogP contribution in [0.15, 0.2) is 203 Å². The van der Waals surface area contributed by atoms with E-state index in [9.17, 15) is 34.0 Å². The second-order valence-electron chi connectivity index (χ2n) is 21.2. The van der Waals surface area contributed by atoms with Crippen LogP contribution in [0.25, 0.3) is 0 Å². The number of sulfonamides is 3. The molecule has 0 atom stereocenters. The monoisotopic (exact) mass is 1510 g/mol. The average Bonchev–Trinajstić information content (AvgIpc) is 0.936. The maximum Gasteiger partial charge on any atom is 0.270 e. The van der Waals surface area contributed by atoms with E-state index >= 15 is 0 Å². The van der Waals surface area contributed by atoms with Gasteiger partial charge in [-0.1, -0.05) is 208 Å². The molecule has 480 valence electrons. The molecule has 0 spiro atoms. The molecule has 92 heavy (non-hydrogen) atoms. The molecular formula is C67H55Cl8F2N3O6S6. The highest BCUT2D eigenvalue weighted by Crippen LogP contribution is 2.31. The molecule has 0 unspecified atom stereocenters. The van der Waals surface area contributed by atoms with Gasteiger partial charge in [0, 0.05) is 106 Å². The van der Waals surface area contributed by atoms with E-state index in [1.54, 1.807) is 72.8 Å². The van der Waals surface area contributed by atoms with Gasteiger partial charge >= 0.3 is 0 Å². The summed E-state index contributed by atoms with van der Waals surface area (Å²) in [6, 6.07) is 51.0. The van der Waals surface area contributed by atoms with Gasteiger partial charge in [0.05, 0.1) is 31.7 Å². The second-order valence-corrected chi connectivity index (χ2v) is 31.4. The van der Waals surface area contributed by atoms with E-state index in [1.165, 1.54) is 78.9 Å². The molecule has 0 bridgehead atoms. The summed E-state index contributed by atoms with van der Waals surface area (Å²) in [5, 5.41) is 3.45. The van der Waals surface area contributed by atoms with E-state index in [-0.39, 0.29) is 25.9 Å². The van der Waals surface area contributed by atoms with Gasteiger partial charge in [0.1, 0.15) is 0 Å². The van der Waals surface area contributed by atoms with Crippen molar-refractivity contribution in [3.8, 4) is 0 Å². The minimum Gasteiger partial charge on any atom is -0.280 e. The Morgan fingerprint density at radius 3 is 0.870 bits per heavy atom. The van der Waals surface area contributed by atoms with E-state index in [0.29, 0.717) is 90.5 Å². The summed E-state index contributed by atoms with van der Waals surface area (Å²) in [6.45, 7) is 4.77. The average molecular weight is 1510 g/mol. The third-order valence-electron chi connectivity index (χ3n) is 13.4. The van der Waals surface area contributed by atoms with Crippen molar-refractivity contribution in [2.75, 3.05) is 14.2 Å². The number of anilines is 3. The quantitative estimate of drug-likeness (QED) is 0.0566. The lowest BCUT2D eigenvalue weighted by Gasteiger charge is -2.12. The summed E-state index contributed by atoms with van der Waals surface area (Å²) in [6.07, 6.45) is 3.19. The zero-order chi connectivity index (χ0) is 67.3. The lowest BCUT2D eigenvalue weighted by molar-refractivity contribution is 0.0174. The van der Waals surface area contributed by atoms with Crippen LogP contribution in [0.4, 0.5) is 25.8 Å². The molecular weight excluding hydrogens is 1460 g/mol. The Kier molecular flexibility index (Phi) is 26.5. The maximum absolute atomic E-state index is 13.5. The molecule has 25 heteroatoms. The Hall–Kier alpha value is -5.32. The molecule has 3 N–H and O–H groups in total. The summed E-state index contributed by atoms with van der Waals surface area (Å²) in [7, 11) is -11.4. The highest BCUT2D eigenvalue weighted by Gasteiger charge is 2.25. The zero-order valence-electron chi connectivity index (χ0n) is 48.8. The zero-order valence-corrected chi connectivity index (χ0v) is 59.8. The molecule has 0 aliphatic heterocycles. The van der Waals surface area contributed by atoms with Crippen LogP contribution in [-0.2, 0) is 74.5 Å². The number of alkyl halides is 2. The molecule has 0 aromatic heterocycles. The Bertz CT molecular complexity index is 4300. The number of rotatable bonds is 22. The Morgan fingerprint density at radius 2 is 0.609 bits per heavy atom. The van der Waals surface area contributed by atoms with Crippen LogP contribution in [0.3, 0.4) is 0 Å². The van der Waals surface area contributed by atoms with Crippen LogP contribution in [0, 0.1) is 13.8 Å². The van der Waals surface area contributed by atoms with Crippen molar-refractivity contribution in [3.05, 3.63) is 278 Å². The maximum atomic E-state index is 13.5. The second kappa shape index (κ2) is 32.9.